The molecular formula is C13H26N2O2. The molecule has 0 aliphatic carbocycles. The Labute approximate surface area is 105 Å². The summed E-state index contributed by atoms with van der Waals surface area (Å²) in [5.41, 5.74) is 0. The molecule has 0 bridgehead atoms. The molecule has 4 heteroatoms. The Kier molecular flexibility index (Phi) is 5.71. The van der Waals surface area contributed by atoms with Crippen LogP contribution < -0.4 is 0 Å². The summed E-state index contributed by atoms with van der Waals surface area (Å²) in [5.74, 6) is 0.849. The largest absolute Gasteiger partial charge is 0.396 e. The zero-order valence-electron chi connectivity index (χ0n) is 10.8. The monoisotopic (exact) mass is 242 g/mol. The van der Waals surface area contributed by atoms with E-state index in [9.17, 15) is 0 Å². The number of hydrogen-bond donors (Lipinski definition) is 1. The number of rotatable bonds is 6. The lowest BCUT2D eigenvalue weighted by atomic mass is 10.1. The van der Waals surface area contributed by atoms with Gasteiger partial charge in [-0.1, -0.05) is 0 Å². The molecule has 2 saturated heterocycles. The first kappa shape index (κ1) is 13.3. The fourth-order valence-corrected chi connectivity index (χ4v) is 2.86. The quantitative estimate of drug-likeness (QED) is 0.685. The number of aliphatic hydroxyl groups excluding tert-OH is 1. The van der Waals surface area contributed by atoms with Gasteiger partial charge in [0.2, 0.25) is 0 Å². The predicted octanol–water partition coefficient (Wildman–Crippen LogP) is 0.413. The van der Waals surface area contributed by atoms with Crippen LogP contribution in [0.4, 0.5) is 0 Å². The van der Waals surface area contributed by atoms with Crippen molar-refractivity contribution in [1.29, 1.82) is 0 Å². The highest BCUT2D eigenvalue weighted by Gasteiger charge is 2.24. The third kappa shape index (κ3) is 4.54. The molecular weight excluding hydrogens is 216 g/mol. The Bertz CT molecular complexity index is 208. The maximum absolute atomic E-state index is 8.77. The zero-order chi connectivity index (χ0) is 11.9. The Balaban J connectivity index is 1.60. The van der Waals surface area contributed by atoms with Crippen molar-refractivity contribution in [3.63, 3.8) is 0 Å². The van der Waals surface area contributed by atoms with Gasteiger partial charge in [0, 0.05) is 32.8 Å². The third-order valence-corrected chi connectivity index (χ3v) is 3.87. The number of hydrogen-bond acceptors (Lipinski definition) is 4. The highest BCUT2D eigenvalue weighted by molar-refractivity contribution is 4.78. The van der Waals surface area contributed by atoms with Crippen molar-refractivity contribution in [2.45, 2.75) is 19.3 Å². The summed E-state index contributed by atoms with van der Waals surface area (Å²) in [4.78, 5) is 5.10. The van der Waals surface area contributed by atoms with Crippen molar-refractivity contribution < 1.29 is 9.84 Å². The lowest BCUT2D eigenvalue weighted by molar-refractivity contribution is 0.0312. The molecule has 1 atom stereocenters. The van der Waals surface area contributed by atoms with E-state index in [-0.39, 0.29) is 0 Å². The van der Waals surface area contributed by atoms with Gasteiger partial charge in [0.15, 0.2) is 0 Å². The van der Waals surface area contributed by atoms with Gasteiger partial charge in [-0.3, -0.25) is 4.90 Å². The molecule has 1 unspecified atom stereocenters. The molecule has 0 amide bonds. The van der Waals surface area contributed by atoms with Crippen molar-refractivity contribution in [2.75, 3.05) is 59.1 Å². The molecule has 0 aromatic carbocycles. The number of aliphatic hydroxyl groups is 1. The minimum absolute atomic E-state index is 0.338. The summed E-state index contributed by atoms with van der Waals surface area (Å²) < 4.78 is 5.38. The van der Waals surface area contributed by atoms with Crippen LogP contribution in [0.3, 0.4) is 0 Å². The Morgan fingerprint density at radius 3 is 2.65 bits per heavy atom. The number of unbranched alkanes of at least 4 members (excludes halogenated alkanes) is 1. The fourth-order valence-electron chi connectivity index (χ4n) is 2.86. The minimum Gasteiger partial charge on any atom is -0.396 e. The van der Waals surface area contributed by atoms with Crippen LogP contribution in [0.1, 0.15) is 19.3 Å². The SMILES string of the molecule is OCCCCN1CCC(CN2CCOCC2)C1. The second-order valence-electron chi connectivity index (χ2n) is 5.30. The Morgan fingerprint density at radius 1 is 1.06 bits per heavy atom. The van der Waals surface area contributed by atoms with Crippen LogP contribution in [0.15, 0.2) is 0 Å². The van der Waals surface area contributed by atoms with E-state index in [1.54, 1.807) is 0 Å². The van der Waals surface area contributed by atoms with E-state index in [0.717, 1.165) is 45.1 Å². The van der Waals surface area contributed by atoms with Gasteiger partial charge >= 0.3 is 0 Å². The van der Waals surface area contributed by atoms with Gasteiger partial charge in [-0.15, -0.1) is 0 Å². The molecule has 2 rings (SSSR count). The Hall–Kier alpha value is -0.160. The highest BCUT2D eigenvalue weighted by Crippen LogP contribution is 2.18. The maximum Gasteiger partial charge on any atom is 0.0594 e. The molecule has 2 aliphatic heterocycles. The normalized spacial score (nSPS) is 27.7. The predicted molar refractivity (Wildman–Crippen MR) is 68.1 cm³/mol. The number of ether oxygens (including phenoxy) is 1. The van der Waals surface area contributed by atoms with Crippen LogP contribution in [0, 0.1) is 5.92 Å². The number of nitrogens with zero attached hydrogens (tertiary/aromatic N) is 2. The van der Waals surface area contributed by atoms with Gasteiger partial charge in [-0.05, 0) is 38.3 Å². The summed E-state index contributed by atoms with van der Waals surface area (Å²) in [5, 5.41) is 8.77. The molecule has 2 heterocycles. The van der Waals surface area contributed by atoms with Crippen LogP contribution in [-0.4, -0.2) is 74.0 Å². The standard InChI is InChI=1S/C13H26N2O2/c16-8-2-1-4-14-5-3-13(11-14)12-15-6-9-17-10-7-15/h13,16H,1-12H2. The van der Waals surface area contributed by atoms with E-state index in [2.05, 4.69) is 9.80 Å². The van der Waals surface area contributed by atoms with E-state index < -0.39 is 0 Å². The molecule has 2 fully saturated rings. The van der Waals surface area contributed by atoms with E-state index in [1.165, 1.54) is 32.6 Å². The van der Waals surface area contributed by atoms with Crippen molar-refractivity contribution >= 4 is 0 Å². The van der Waals surface area contributed by atoms with E-state index in [4.69, 9.17) is 9.84 Å². The van der Waals surface area contributed by atoms with Crippen LogP contribution in [0.2, 0.25) is 0 Å². The number of morpholine rings is 1. The maximum atomic E-state index is 8.77. The first-order valence-corrected chi connectivity index (χ1v) is 7.02. The second-order valence-corrected chi connectivity index (χ2v) is 5.30. The smallest absolute Gasteiger partial charge is 0.0594 e. The van der Waals surface area contributed by atoms with Crippen molar-refractivity contribution in [2.24, 2.45) is 5.92 Å². The van der Waals surface area contributed by atoms with Crippen molar-refractivity contribution in [1.82, 2.24) is 9.80 Å². The van der Waals surface area contributed by atoms with E-state index in [1.807, 2.05) is 0 Å². The summed E-state index contributed by atoms with van der Waals surface area (Å²) in [6.07, 6.45) is 3.43. The van der Waals surface area contributed by atoms with E-state index >= 15 is 0 Å². The first-order chi connectivity index (χ1) is 8.38. The second kappa shape index (κ2) is 7.31. The molecule has 0 spiro atoms. The average Bonchev–Trinajstić information content (AvgIpc) is 2.79. The van der Waals surface area contributed by atoms with Gasteiger partial charge in [0.25, 0.3) is 0 Å². The molecule has 17 heavy (non-hydrogen) atoms. The molecule has 2 aliphatic rings. The molecule has 0 aromatic rings. The van der Waals surface area contributed by atoms with Gasteiger partial charge in [-0.2, -0.15) is 0 Å². The summed E-state index contributed by atoms with van der Waals surface area (Å²) in [6, 6.07) is 0. The molecule has 0 saturated carbocycles. The van der Waals surface area contributed by atoms with Crippen LogP contribution in [-0.2, 0) is 4.74 Å². The lowest BCUT2D eigenvalue weighted by Crippen LogP contribution is -2.39. The number of likely N-dealkylation sites (tertiary alicyclic amines) is 1. The first-order valence-electron chi connectivity index (χ1n) is 7.02. The van der Waals surface area contributed by atoms with E-state index in [0.29, 0.717) is 6.61 Å². The summed E-state index contributed by atoms with van der Waals surface area (Å²) in [7, 11) is 0. The molecule has 100 valence electrons. The van der Waals surface area contributed by atoms with Gasteiger partial charge in [-0.25, -0.2) is 0 Å². The summed E-state index contributed by atoms with van der Waals surface area (Å²) >= 11 is 0. The molecule has 4 nitrogen and oxygen atoms in total. The highest BCUT2D eigenvalue weighted by atomic mass is 16.5. The fraction of sp³-hybridized carbons (Fsp3) is 1.00. The average molecular weight is 242 g/mol. The van der Waals surface area contributed by atoms with Crippen LogP contribution in [0.25, 0.3) is 0 Å². The lowest BCUT2D eigenvalue weighted by Gasteiger charge is -2.29. The van der Waals surface area contributed by atoms with Crippen LogP contribution in [0.5, 0.6) is 0 Å². The third-order valence-electron chi connectivity index (χ3n) is 3.87. The topological polar surface area (TPSA) is 35.9 Å². The van der Waals surface area contributed by atoms with Crippen LogP contribution >= 0.6 is 0 Å². The molecule has 1 N–H and O–H groups in total. The van der Waals surface area contributed by atoms with Crippen molar-refractivity contribution in [3.8, 4) is 0 Å². The summed E-state index contributed by atoms with van der Waals surface area (Å²) in [6.45, 7) is 9.30. The molecule has 0 aromatic heterocycles. The van der Waals surface area contributed by atoms with Gasteiger partial charge < -0.3 is 14.7 Å². The molecule has 0 radical (unpaired) electrons. The van der Waals surface area contributed by atoms with Gasteiger partial charge in [0.1, 0.15) is 0 Å². The van der Waals surface area contributed by atoms with Gasteiger partial charge in [0.05, 0.1) is 13.2 Å². The minimum atomic E-state index is 0.338. The Morgan fingerprint density at radius 2 is 1.88 bits per heavy atom. The zero-order valence-corrected chi connectivity index (χ0v) is 10.8. The van der Waals surface area contributed by atoms with Crippen molar-refractivity contribution in [3.05, 3.63) is 0 Å².